The average Bonchev–Trinajstić information content (AvgIpc) is 2.05. The van der Waals surface area contributed by atoms with Crippen molar-refractivity contribution < 1.29 is 8.42 Å². The Morgan fingerprint density at radius 3 is 2.50 bits per heavy atom. The molecular formula is C8H9NO2S. The maximum absolute atomic E-state index is 10.1. The molecule has 0 spiro atoms. The van der Waals surface area contributed by atoms with E-state index < -0.39 is 10.3 Å². The summed E-state index contributed by atoms with van der Waals surface area (Å²) in [5, 5.41) is 4.10. The molecule has 0 fully saturated rings. The summed E-state index contributed by atoms with van der Waals surface area (Å²) < 4.78 is 20.2. The van der Waals surface area contributed by atoms with Crippen molar-refractivity contribution in [2.24, 2.45) is 0 Å². The maximum atomic E-state index is 10.1. The van der Waals surface area contributed by atoms with E-state index in [9.17, 15) is 8.42 Å². The largest absolute Gasteiger partial charge is 0.381 e. The van der Waals surface area contributed by atoms with E-state index in [1.807, 2.05) is 30.3 Å². The highest BCUT2D eigenvalue weighted by Crippen LogP contribution is 2.02. The van der Waals surface area contributed by atoms with Crippen LogP contribution < -0.4 is 5.32 Å². The van der Waals surface area contributed by atoms with Crippen molar-refractivity contribution in [1.82, 2.24) is 0 Å². The van der Waals surface area contributed by atoms with Gasteiger partial charge in [-0.2, -0.15) is 8.42 Å². The Morgan fingerprint density at radius 2 is 1.92 bits per heavy atom. The molecule has 3 nitrogen and oxygen atoms in total. The zero-order valence-electron chi connectivity index (χ0n) is 6.40. The van der Waals surface area contributed by atoms with Crippen molar-refractivity contribution in [3.05, 3.63) is 30.3 Å². The molecule has 0 aliphatic rings. The Balaban J connectivity index is 2.50. The highest BCUT2D eigenvalue weighted by atomic mass is 32.2. The molecule has 0 aliphatic carbocycles. The normalized spacial score (nSPS) is 9.00. The number of para-hydroxylation sites is 1. The van der Waals surface area contributed by atoms with Gasteiger partial charge in [0.25, 0.3) is 0 Å². The second kappa shape index (κ2) is 4.56. The van der Waals surface area contributed by atoms with Crippen LogP contribution in [0.2, 0.25) is 0 Å². The fourth-order valence-electron chi connectivity index (χ4n) is 0.784. The molecule has 64 valence electrons. The van der Waals surface area contributed by atoms with Gasteiger partial charge >= 0.3 is 0 Å². The predicted octanol–water partition coefficient (Wildman–Crippen LogP) is 0.780. The number of nitrogens with one attached hydrogen (secondary N) is 1. The van der Waals surface area contributed by atoms with Gasteiger partial charge in [-0.15, -0.1) is 0 Å². The first-order valence-corrected chi connectivity index (χ1v) is 4.63. The summed E-state index contributed by atoms with van der Waals surface area (Å²) in [5.74, 6) is 0. The Kier molecular flexibility index (Phi) is 3.35. The lowest BCUT2D eigenvalue weighted by Crippen LogP contribution is -2.02. The van der Waals surface area contributed by atoms with Crippen molar-refractivity contribution in [3.63, 3.8) is 0 Å². The third-order valence-electron chi connectivity index (χ3n) is 1.30. The van der Waals surface area contributed by atoms with Gasteiger partial charge in [0, 0.05) is 12.2 Å². The molecule has 0 unspecified atom stereocenters. The summed E-state index contributed by atoms with van der Waals surface area (Å²) >= 11 is 0. The third kappa shape index (κ3) is 3.21. The quantitative estimate of drug-likeness (QED) is 0.704. The molecular weight excluding hydrogens is 174 g/mol. The van der Waals surface area contributed by atoms with Gasteiger partial charge in [-0.05, 0) is 12.1 Å². The Hall–Kier alpha value is -1.29. The Bertz CT molecular complexity index is 348. The van der Waals surface area contributed by atoms with E-state index in [1.54, 1.807) is 0 Å². The standard InChI is InChI=1S/C8H9NO2S/c10-12(11)7-6-9-8-4-2-1-3-5-8/h1-5,7,9H,6H2. The van der Waals surface area contributed by atoms with Gasteiger partial charge in [0.15, 0.2) is 0 Å². The first-order valence-electron chi connectivity index (χ1n) is 3.49. The Morgan fingerprint density at radius 1 is 1.25 bits per heavy atom. The second-order valence-corrected chi connectivity index (χ2v) is 3.03. The molecule has 0 aliphatic heterocycles. The first-order chi connectivity index (χ1) is 5.79. The summed E-state index contributed by atoms with van der Waals surface area (Å²) in [6.45, 7) is 0.333. The molecule has 1 N–H and O–H groups in total. The van der Waals surface area contributed by atoms with Gasteiger partial charge in [0.05, 0.1) is 5.37 Å². The van der Waals surface area contributed by atoms with Gasteiger partial charge in [-0.1, -0.05) is 18.2 Å². The first kappa shape index (κ1) is 8.80. The molecule has 1 aromatic carbocycles. The number of hydrogen-bond donors (Lipinski definition) is 1. The van der Waals surface area contributed by atoms with E-state index in [4.69, 9.17) is 0 Å². The average molecular weight is 183 g/mol. The van der Waals surface area contributed by atoms with Gasteiger partial charge < -0.3 is 5.32 Å². The van der Waals surface area contributed by atoms with Crippen LogP contribution in [-0.2, 0) is 10.3 Å². The summed E-state index contributed by atoms with van der Waals surface area (Å²) in [4.78, 5) is 0. The van der Waals surface area contributed by atoms with Crippen LogP contribution in [0.5, 0.6) is 0 Å². The lowest BCUT2D eigenvalue weighted by molar-refractivity contribution is 0.627. The molecule has 0 atom stereocenters. The highest BCUT2D eigenvalue weighted by Gasteiger charge is 1.84. The van der Waals surface area contributed by atoms with Crippen LogP contribution in [0.3, 0.4) is 0 Å². The zero-order valence-corrected chi connectivity index (χ0v) is 7.21. The van der Waals surface area contributed by atoms with E-state index in [0.717, 1.165) is 5.69 Å². The van der Waals surface area contributed by atoms with E-state index in [2.05, 4.69) is 5.32 Å². The number of anilines is 1. The lowest BCUT2D eigenvalue weighted by atomic mass is 10.3. The van der Waals surface area contributed by atoms with Crippen LogP contribution >= 0.6 is 0 Å². The molecule has 0 radical (unpaired) electrons. The SMILES string of the molecule is O=S(=O)=CCNc1ccccc1. The van der Waals surface area contributed by atoms with Crippen LogP contribution in [-0.4, -0.2) is 20.3 Å². The molecule has 0 saturated carbocycles. The lowest BCUT2D eigenvalue weighted by Gasteiger charge is -1.99. The fraction of sp³-hybridized carbons (Fsp3) is 0.125. The minimum Gasteiger partial charge on any atom is -0.381 e. The molecule has 0 saturated heterocycles. The molecule has 12 heavy (non-hydrogen) atoms. The van der Waals surface area contributed by atoms with E-state index in [0.29, 0.717) is 6.54 Å². The van der Waals surface area contributed by atoms with E-state index in [-0.39, 0.29) is 0 Å². The van der Waals surface area contributed by atoms with Crippen LogP contribution in [0.25, 0.3) is 0 Å². The van der Waals surface area contributed by atoms with Crippen LogP contribution in [0.4, 0.5) is 5.69 Å². The Labute approximate surface area is 72.6 Å². The van der Waals surface area contributed by atoms with Gasteiger partial charge in [0.1, 0.15) is 0 Å². The molecule has 1 aromatic rings. The molecule has 4 heteroatoms. The number of benzene rings is 1. The van der Waals surface area contributed by atoms with E-state index in [1.165, 1.54) is 5.37 Å². The molecule has 0 bridgehead atoms. The molecule has 0 aromatic heterocycles. The summed E-state index contributed by atoms with van der Waals surface area (Å²) in [7, 11) is -2.08. The topological polar surface area (TPSA) is 46.2 Å². The van der Waals surface area contributed by atoms with Gasteiger partial charge in [0.2, 0.25) is 10.3 Å². The highest BCUT2D eigenvalue weighted by molar-refractivity contribution is 7.71. The van der Waals surface area contributed by atoms with Gasteiger partial charge in [-0.25, -0.2) is 0 Å². The fourth-order valence-corrected chi connectivity index (χ4v) is 1.00. The molecule has 1 rings (SSSR count). The summed E-state index contributed by atoms with van der Waals surface area (Å²) in [6.07, 6.45) is 0. The number of hydrogen-bond acceptors (Lipinski definition) is 3. The maximum Gasteiger partial charge on any atom is 0.211 e. The van der Waals surface area contributed by atoms with Crippen molar-refractivity contribution in [2.45, 2.75) is 0 Å². The zero-order chi connectivity index (χ0) is 8.81. The molecule has 0 heterocycles. The minimum atomic E-state index is -2.08. The summed E-state index contributed by atoms with van der Waals surface area (Å²) in [6, 6.07) is 9.43. The predicted molar refractivity (Wildman–Crippen MR) is 49.9 cm³/mol. The van der Waals surface area contributed by atoms with Gasteiger partial charge in [-0.3, -0.25) is 0 Å². The van der Waals surface area contributed by atoms with Crippen molar-refractivity contribution in [3.8, 4) is 0 Å². The van der Waals surface area contributed by atoms with Crippen molar-refractivity contribution in [2.75, 3.05) is 11.9 Å². The molecule has 0 amide bonds. The van der Waals surface area contributed by atoms with Crippen LogP contribution in [0.15, 0.2) is 30.3 Å². The van der Waals surface area contributed by atoms with Crippen molar-refractivity contribution >= 4 is 21.3 Å². The van der Waals surface area contributed by atoms with Crippen molar-refractivity contribution in [1.29, 1.82) is 0 Å². The summed E-state index contributed by atoms with van der Waals surface area (Å²) in [5.41, 5.74) is 0.916. The minimum absolute atomic E-state index is 0.333. The second-order valence-electron chi connectivity index (χ2n) is 2.17. The monoisotopic (exact) mass is 183 g/mol. The third-order valence-corrected chi connectivity index (χ3v) is 1.74. The van der Waals surface area contributed by atoms with Crippen LogP contribution in [0, 0.1) is 0 Å². The number of rotatable bonds is 3. The van der Waals surface area contributed by atoms with Crippen LogP contribution in [0.1, 0.15) is 0 Å². The smallest absolute Gasteiger partial charge is 0.211 e. The van der Waals surface area contributed by atoms with E-state index >= 15 is 0 Å².